The molecule has 0 saturated heterocycles. The Bertz CT molecular complexity index is 702. The second-order valence-corrected chi connectivity index (χ2v) is 6.09. The van der Waals surface area contributed by atoms with E-state index in [1.807, 2.05) is 18.2 Å². The van der Waals surface area contributed by atoms with E-state index in [2.05, 4.69) is 17.2 Å². The number of hydrogen-bond acceptors (Lipinski definition) is 2. The van der Waals surface area contributed by atoms with Gasteiger partial charge < -0.3 is 5.32 Å². The Labute approximate surface area is 133 Å². The first-order chi connectivity index (χ1) is 10.1. The number of amides is 1. The van der Waals surface area contributed by atoms with E-state index >= 15 is 0 Å². The highest BCUT2D eigenvalue weighted by Crippen LogP contribution is 2.46. The number of aromatic nitrogens is 1. The van der Waals surface area contributed by atoms with Crippen LogP contribution in [0.2, 0.25) is 5.15 Å². The van der Waals surface area contributed by atoms with Crippen LogP contribution in [0.1, 0.15) is 46.1 Å². The SMILES string of the molecule is CC1CC(Cl)c2cccc(NC(=O)c3cccnc3Cl)c21. The van der Waals surface area contributed by atoms with Crippen LogP contribution in [0, 0.1) is 0 Å². The van der Waals surface area contributed by atoms with E-state index in [0.717, 1.165) is 23.2 Å². The minimum absolute atomic E-state index is 0.00818. The Morgan fingerprint density at radius 3 is 2.90 bits per heavy atom. The monoisotopic (exact) mass is 320 g/mol. The topological polar surface area (TPSA) is 42.0 Å². The molecule has 21 heavy (non-hydrogen) atoms. The summed E-state index contributed by atoms with van der Waals surface area (Å²) in [5, 5.41) is 3.14. The number of carbonyl (C=O) groups excluding carboxylic acids is 1. The molecular weight excluding hydrogens is 307 g/mol. The van der Waals surface area contributed by atoms with Crippen LogP contribution in [0.5, 0.6) is 0 Å². The summed E-state index contributed by atoms with van der Waals surface area (Å²) < 4.78 is 0. The zero-order valence-electron chi connectivity index (χ0n) is 11.4. The van der Waals surface area contributed by atoms with Crippen molar-refractivity contribution in [2.75, 3.05) is 5.32 Å². The lowest BCUT2D eigenvalue weighted by molar-refractivity contribution is 0.102. The number of nitrogens with zero attached hydrogens (tertiary/aromatic N) is 1. The van der Waals surface area contributed by atoms with E-state index in [1.54, 1.807) is 18.3 Å². The Morgan fingerprint density at radius 2 is 2.14 bits per heavy atom. The maximum absolute atomic E-state index is 12.4. The quantitative estimate of drug-likeness (QED) is 0.639. The van der Waals surface area contributed by atoms with E-state index in [-0.39, 0.29) is 16.4 Å². The number of benzene rings is 1. The van der Waals surface area contributed by atoms with Gasteiger partial charge in [-0.15, -0.1) is 11.6 Å². The number of halogens is 2. The molecule has 0 spiro atoms. The maximum atomic E-state index is 12.4. The van der Waals surface area contributed by atoms with Gasteiger partial charge in [-0.05, 0) is 41.7 Å². The van der Waals surface area contributed by atoms with Gasteiger partial charge in [0, 0.05) is 11.9 Å². The summed E-state index contributed by atoms with van der Waals surface area (Å²) in [6.45, 7) is 2.12. The average Bonchev–Trinajstić information content (AvgIpc) is 2.75. The van der Waals surface area contributed by atoms with Crippen LogP contribution in [-0.2, 0) is 0 Å². The van der Waals surface area contributed by atoms with E-state index in [9.17, 15) is 4.79 Å². The van der Waals surface area contributed by atoms with Gasteiger partial charge in [-0.3, -0.25) is 4.79 Å². The predicted octanol–water partition coefficient (Wildman–Crippen LogP) is 4.77. The predicted molar refractivity (Wildman–Crippen MR) is 85.3 cm³/mol. The summed E-state index contributed by atoms with van der Waals surface area (Å²) in [5.41, 5.74) is 3.38. The van der Waals surface area contributed by atoms with Gasteiger partial charge in [0.15, 0.2) is 0 Å². The third kappa shape index (κ3) is 2.63. The van der Waals surface area contributed by atoms with E-state index in [0.29, 0.717) is 11.5 Å². The standard InChI is InChI=1S/C16H14Cl2N2O/c1-9-8-12(17)10-4-2-6-13(14(9)10)20-16(21)11-5-3-7-19-15(11)18/h2-7,9,12H,8H2,1H3,(H,20,21). The normalized spacial score (nSPS) is 20.1. The van der Waals surface area contributed by atoms with Crippen molar-refractivity contribution in [2.45, 2.75) is 24.6 Å². The molecule has 3 rings (SSSR count). The first kappa shape index (κ1) is 14.4. The molecule has 1 aliphatic rings. The van der Waals surface area contributed by atoms with Crippen LogP contribution in [-0.4, -0.2) is 10.9 Å². The molecule has 1 aromatic heterocycles. The van der Waals surface area contributed by atoms with Gasteiger partial charge in [-0.25, -0.2) is 4.98 Å². The molecule has 0 bridgehead atoms. The highest BCUT2D eigenvalue weighted by atomic mass is 35.5. The number of rotatable bonds is 2. The van der Waals surface area contributed by atoms with Crippen molar-refractivity contribution in [3.63, 3.8) is 0 Å². The van der Waals surface area contributed by atoms with Crippen molar-refractivity contribution < 1.29 is 4.79 Å². The fourth-order valence-corrected chi connectivity index (χ4v) is 3.48. The summed E-state index contributed by atoms with van der Waals surface area (Å²) in [4.78, 5) is 16.3. The molecule has 2 unspecified atom stereocenters. The van der Waals surface area contributed by atoms with Crippen LogP contribution in [0.4, 0.5) is 5.69 Å². The van der Waals surface area contributed by atoms with E-state index in [1.165, 1.54) is 0 Å². The second-order valence-electron chi connectivity index (χ2n) is 5.21. The smallest absolute Gasteiger partial charge is 0.258 e. The number of alkyl halides is 1. The molecule has 1 aliphatic carbocycles. The van der Waals surface area contributed by atoms with Gasteiger partial charge in [0.25, 0.3) is 5.91 Å². The van der Waals surface area contributed by atoms with Crippen molar-refractivity contribution in [1.82, 2.24) is 4.98 Å². The summed E-state index contributed by atoms with van der Waals surface area (Å²) >= 11 is 12.3. The first-order valence-corrected chi connectivity index (χ1v) is 7.58. The van der Waals surface area contributed by atoms with Crippen LogP contribution in [0.3, 0.4) is 0 Å². The van der Waals surface area contributed by atoms with Crippen LogP contribution >= 0.6 is 23.2 Å². The molecule has 2 aromatic rings. The summed E-state index contributed by atoms with van der Waals surface area (Å²) in [6.07, 6.45) is 2.44. The zero-order chi connectivity index (χ0) is 15.0. The number of hydrogen-bond donors (Lipinski definition) is 1. The molecule has 1 aromatic carbocycles. The number of pyridine rings is 1. The largest absolute Gasteiger partial charge is 0.322 e. The summed E-state index contributed by atoms with van der Waals surface area (Å²) in [5.74, 6) is 0.0649. The third-order valence-corrected chi connectivity index (χ3v) is 4.50. The van der Waals surface area contributed by atoms with Crippen molar-refractivity contribution in [2.24, 2.45) is 0 Å². The molecule has 0 aliphatic heterocycles. The first-order valence-electron chi connectivity index (χ1n) is 6.76. The lowest BCUT2D eigenvalue weighted by atomic mass is 10.0. The summed E-state index contributed by atoms with van der Waals surface area (Å²) in [7, 11) is 0. The number of anilines is 1. The van der Waals surface area contributed by atoms with Crippen LogP contribution in [0.25, 0.3) is 0 Å². The average molecular weight is 321 g/mol. The maximum Gasteiger partial charge on any atom is 0.258 e. The Balaban J connectivity index is 1.94. The second kappa shape index (κ2) is 5.66. The molecule has 108 valence electrons. The molecule has 1 N–H and O–H groups in total. The van der Waals surface area contributed by atoms with Crippen molar-refractivity contribution >= 4 is 34.8 Å². The minimum Gasteiger partial charge on any atom is -0.322 e. The van der Waals surface area contributed by atoms with Gasteiger partial charge in [0.05, 0.1) is 10.9 Å². The van der Waals surface area contributed by atoms with E-state index in [4.69, 9.17) is 23.2 Å². The molecule has 1 heterocycles. The molecule has 5 heteroatoms. The van der Waals surface area contributed by atoms with Crippen molar-refractivity contribution in [3.05, 3.63) is 58.4 Å². The van der Waals surface area contributed by atoms with Gasteiger partial charge in [0.2, 0.25) is 0 Å². The third-order valence-electron chi connectivity index (χ3n) is 3.78. The Morgan fingerprint density at radius 1 is 1.33 bits per heavy atom. The molecule has 1 amide bonds. The summed E-state index contributed by atoms with van der Waals surface area (Å²) in [6, 6.07) is 9.16. The number of fused-ring (bicyclic) bond motifs is 1. The lowest BCUT2D eigenvalue weighted by Gasteiger charge is -2.13. The molecule has 0 radical (unpaired) electrons. The molecule has 3 nitrogen and oxygen atoms in total. The Kier molecular flexibility index (Phi) is 3.87. The fourth-order valence-electron chi connectivity index (χ4n) is 2.82. The highest BCUT2D eigenvalue weighted by molar-refractivity contribution is 6.33. The van der Waals surface area contributed by atoms with Crippen LogP contribution in [0.15, 0.2) is 36.5 Å². The van der Waals surface area contributed by atoms with Gasteiger partial charge in [-0.2, -0.15) is 0 Å². The van der Waals surface area contributed by atoms with Crippen molar-refractivity contribution in [3.8, 4) is 0 Å². The van der Waals surface area contributed by atoms with Gasteiger partial charge in [-0.1, -0.05) is 30.7 Å². The molecule has 0 saturated carbocycles. The van der Waals surface area contributed by atoms with Crippen LogP contribution < -0.4 is 5.32 Å². The highest BCUT2D eigenvalue weighted by Gasteiger charge is 2.29. The Hall–Kier alpha value is -1.58. The molecular formula is C16H14Cl2N2O. The minimum atomic E-state index is -0.258. The molecule has 2 atom stereocenters. The van der Waals surface area contributed by atoms with Gasteiger partial charge in [0.1, 0.15) is 5.15 Å². The zero-order valence-corrected chi connectivity index (χ0v) is 12.9. The lowest BCUT2D eigenvalue weighted by Crippen LogP contribution is -2.14. The fraction of sp³-hybridized carbons (Fsp3) is 0.250. The number of carbonyl (C=O) groups is 1. The number of nitrogens with one attached hydrogen (secondary N) is 1. The van der Waals surface area contributed by atoms with Crippen molar-refractivity contribution in [1.29, 1.82) is 0 Å². The molecule has 0 fully saturated rings. The van der Waals surface area contributed by atoms with Gasteiger partial charge >= 0.3 is 0 Å². The van der Waals surface area contributed by atoms with E-state index < -0.39 is 0 Å².